The number of amides is 2. The predicted octanol–water partition coefficient (Wildman–Crippen LogP) is 2.33. The molecule has 3 N–H and O–H groups in total. The standard InChI is InChI=1S/C18H17N5O2S/c24-17-11-23(8-7-19-17)13-5-3-12(4-6-13)20-18(25)15-10-14(21-22-15)16-2-1-9-26-16/h1-6,9-10H,7-8,11H2,(H,19,24)(H,20,25)(H,21,22). The van der Waals surface area contributed by atoms with E-state index in [-0.39, 0.29) is 11.8 Å². The summed E-state index contributed by atoms with van der Waals surface area (Å²) in [7, 11) is 0. The Morgan fingerprint density at radius 3 is 2.81 bits per heavy atom. The maximum absolute atomic E-state index is 12.4. The molecule has 3 aromatic rings. The zero-order valence-corrected chi connectivity index (χ0v) is 14.7. The molecule has 1 saturated heterocycles. The highest BCUT2D eigenvalue weighted by Crippen LogP contribution is 2.23. The number of nitrogens with zero attached hydrogens (tertiary/aromatic N) is 2. The first-order valence-electron chi connectivity index (χ1n) is 8.21. The van der Waals surface area contributed by atoms with Gasteiger partial charge in [0.05, 0.1) is 17.1 Å². The zero-order valence-electron chi connectivity index (χ0n) is 13.9. The minimum atomic E-state index is -0.269. The highest BCUT2D eigenvalue weighted by Gasteiger charge is 2.17. The van der Waals surface area contributed by atoms with E-state index in [0.717, 1.165) is 22.8 Å². The van der Waals surface area contributed by atoms with Crippen LogP contribution in [0.4, 0.5) is 11.4 Å². The van der Waals surface area contributed by atoms with Gasteiger partial charge in [0.15, 0.2) is 5.69 Å². The first-order chi connectivity index (χ1) is 12.7. The van der Waals surface area contributed by atoms with E-state index >= 15 is 0 Å². The van der Waals surface area contributed by atoms with Crippen LogP contribution in [0, 0.1) is 0 Å². The Hall–Kier alpha value is -3.13. The van der Waals surface area contributed by atoms with Gasteiger partial charge in [0.25, 0.3) is 5.91 Å². The number of thiophene rings is 1. The number of hydrogen-bond donors (Lipinski definition) is 3. The number of carbonyl (C=O) groups is 2. The van der Waals surface area contributed by atoms with Gasteiger partial charge in [0, 0.05) is 24.5 Å². The Balaban J connectivity index is 1.42. The molecule has 0 unspecified atom stereocenters. The maximum Gasteiger partial charge on any atom is 0.276 e. The third-order valence-electron chi connectivity index (χ3n) is 4.13. The van der Waals surface area contributed by atoms with E-state index in [4.69, 9.17) is 0 Å². The van der Waals surface area contributed by atoms with Gasteiger partial charge < -0.3 is 15.5 Å². The van der Waals surface area contributed by atoms with Crippen LogP contribution in [0.3, 0.4) is 0 Å². The third-order valence-corrected chi connectivity index (χ3v) is 5.03. The van der Waals surface area contributed by atoms with Gasteiger partial charge >= 0.3 is 0 Å². The average molecular weight is 367 g/mol. The summed E-state index contributed by atoms with van der Waals surface area (Å²) in [5.74, 6) is -0.247. The number of H-pyrrole nitrogens is 1. The van der Waals surface area contributed by atoms with Crippen LogP contribution >= 0.6 is 11.3 Å². The van der Waals surface area contributed by atoms with Gasteiger partial charge in [-0.1, -0.05) is 6.07 Å². The number of aromatic amines is 1. The molecule has 26 heavy (non-hydrogen) atoms. The molecule has 0 bridgehead atoms. The van der Waals surface area contributed by atoms with Crippen molar-refractivity contribution in [2.24, 2.45) is 0 Å². The molecule has 0 spiro atoms. The normalized spacial score (nSPS) is 14.2. The number of anilines is 2. The smallest absolute Gasteiger partial charge is 0.276 e. The van der Waals surface area contributed by atoms with Crippen LogP contribution in [-0.4, -0.2) is 41.6 Å². The van der Waals surface area contributed by atoms with Crippen molar-refractivity contribution < 1.29 is 9.59 Å². The fourth-order valence-corrected chi connectivity index (χ4v) is 3.50. The molecule has 1 aromatic carbocycles. The van der Waals surface area contributed by atoms with Crippen LogP contribution in [0.1, 0.15) is 10.5 Å². The molecular weight excluding hydrogens is 350 g/mol. The third kappa shape index (κ3) is 3.45. The Kier molecular flexibility index (Phi) is 4.40. The van der Waals surface area contributed by atoms with E-state index < -0.39 is 0 Å². The van der Waals surface area contributed by atoms with Crippen molar-refractivity contribution in [1.29, 1.82) is 0 Å². The van der Waals surface area contributed by atoms with Crippen LogP contribution in [0.5, 0.6) is 0 Å². The van der Waals surface area contributed by atoms with Gasteiger partial charge in [0.2, 0.25) is 5.91 Å². The molecule has 1 fully saturated rings. The van der Waals surface area contributed by atoms with Gasteiger partial charge in [0.1, 0.15) is 0 Å². The van der Waals surface area contributed by atoms with E-state index in [0.29, 0.717) is 24.5 Å². The molecule has 4 rings (SSSR count). The van der Waals surface area contributed by atoms with Gasteiger partial charge in [-0.25, -0.2) is 0 Å². The van der Waals surface area contributed by atoms with Crippen molar-refractivity contribution in [3.8, 4) is 10.6 Å². The fourth-order valence-electron chi connectivity index (χ4n) is 2.81. The first kappa shape index (κ1) is 16.3. The summed E-state index contributed by atoms with van der Waals surface area (Å²) in [6.07, 6.45) is 0. The molecule has 2 amide bonds. The molecule has 8 heteroatoms. The number of nitrogens with one attached hydrogen (secondary N) is 3. The molecule has 1 aliphatic heterocycles. The van der Waals surface area contributed by atoms with Crippen molar-refractivity contribution in [2.75, 3.05) is 29.9 Å². The van der Waals surface area contributed by atoms with Crippen molar-refractivity contribution in [3.63, 3.8) is 0 Å². The molecule has 0 saturated carbocycles. The van der Waals surface area contributed by atoms with E-state index in [2.05, 4.69) is 20.8 Å². The fraction of sp³-hybridized carbons (Fsp3) is 0.167. The van der Waals surface area contributed by atoms with Crippen LogP contribution < -0.4 is 15.5 Å². The summed E-state index contributed by atoms with van der Waals surface area (Å²) < 4.78 is 0. The van der Waals surface area contributed by atoms with Crippen LogP contribution in [-0.2, 0) is 4.79 Å². The number of aromatic nitrogens is 2. The summed E-state index contributed by atoms with van der Waals surface area (Å²) in [6.45, 7) is 1.77. The Bertz CT molecular complexity index is 917. The summed E-state index contributed by atoms with van der Waals surface area (Å²) in [6, 6.07) is 13.1. The quantitative estimate of drug-likeness (QED) is 0.660. The van der Waals surface area contributed by atoms with Crippen molar-refractivity contribution in [2.45, 2.75) is 0 Å². The lowest BCUT2D eigenvalue weighted by Crippen LogP contribution is -2.47. The predicted molar refractivity (Wildman–Crippen MR) is 102 cm³/mol. The maximum atomic E-state index is 12.4. The van der Waals surface area contributed by atoms with Crippen molar-refractivity contribution in [1.82, 2.24) is 15.5 Å². The molecule has 7 nitrogen and oxygen atoms in total. The topological polar surface area (TPSA) is 90.1 Å². The largest absolute Gasteiger partial charge is 0.360 e. The minimum Gasteiger partial charge on any atom is -0.360 e. The SMILES string of the molecule is O=C1CN(c2ccc(NC(=O)c3cc(-c4cccs4)[nH]n3)cc2)CCN1. The van der Waals surface area contributed by atoms with Crippen LogP contribution in [0.2, 0.25) is 0 Å². The van der Waals surface area contributed by atoms with Gasteiger partial charge in [-0.2, -0.15) is 5.10 Å². The second-order valence-corrected chi connectivity index (χ2v) is 6.86. The first-order valence-corrected chi connectivity index (χ1v) is 9.09. The van der Waals surface area contributed by atoms with Crippen LogP contribution in [0.25, 0.3) is 10.6 Å². The van der Waals surface area contributed by atoms with Crippen LogP contribution in [0.15, 0.2) is 47.8 Å². The number of benzene rings is 1. The molecule has 0 radical (unpaired) electrons. The summed E-state index contributed by atoms with van der Waals surface area (Å²) in [5.41, 5.74) is 2.80. The molecule has 2 aromatic heterocycles. The van der Waals surface area contributed by atoms with E-state index in [1.807, 2.05) is 46.7 Å². The lowest BCUT2D eigenvalue weighted by molar-refractivity contribution is -0.120. The van der Waals surface area contributed by atoms with Crippen molar-refractivity contribution >= 4 is 34.5 Å². The average Bonchev–Trinajstić information content (AvgIpc) is 3.34. The molecule has 0 atom stereocenters. The Morgan fingerprint density at radius 1 is 1.23 bits per heavy atom. The van der Waals surface area contributed by atoms with Gasteiger partial charge in [-0.05, 0) is 41.8 Å². The lowest BCUT2D eigenvalue weighted by Gasteiger charge is -2.28. The summed E-state index contributed by atoms with van der Waals surface area (Å²) in [5, 5.41) is 14.6. The molecular formula is C18H17N5O2S. The zero-order chi connectivity index (χ0) is 17.9. The highest BCUT2D eigenvalue weighted by molar-refractivity contribution is 7.13. The van der Waals surface area contributed by atoms with E-state index in [1.165, 1.54) is 0 Å². The Labute approximate surface area is 154 Å². The van der Waals surface area contributed by atoms with Gasteiger partial charge in [-0.3, -0.25) is 14.7 Å². The monoisotopic (exact) mass is 367 g/mol. The van der Waals surface area contributed by atoms with E-state index in [9.17, 15) is 9.59 Å². The number of hydrogen-bond acceptors (Lipinski definition) is 5. The number of rotatable bonds is 4. The molecule has 1 aliphatic rings. The molecule has 132 valence electrons. The summed E-state index contributed by atoms with van der Waals surface area (Å²) in [4.78, 5) is 26.9. The molecule has 0 aliphatic carbocycles. The lowest BCUT2D eigenvalue weighted by atomic mass is 10.2. The van der Waals surface area contributed by atoms with E-state index in [1.54, 1.807) is 17.4 Å². The minimum absolute atomic E-state index is 0.0220. The number of piperazine rings is 1. The Morgan fingerprint density at radius 2 is 2.08 bits per heavy atom. The van der Waals surface area contributed by atoms with Crippen molar-refractivity contribution in [3.05, 3.63) is 53.5 Å². The highest BCUT2D eigenvalue weighted by atomic mass is 32.1. The summed E-state index contributed by atoms with van der Waals surface area (Å²) >= 11 is 1.58. The van der Waals surface area contributed by atoms with Gasteiger partial charge in [-0.15, -0.1) is 11.3 Å². The second-order valence-electron chi connectivity index (χ2n) is 5.92. The second kappa shape index (κ2) is 7.01. The number of carbonyl (C=O) groups excluding carboxylic acids is 2. The molecule has 3 heterocycles.